The molecule has 3 heteroatoms. The van der Waals surface area contributed by atoms with Crippen LogP contribution < -0.4 is 10.1 Å². The third kappa shape index (κ3) is 3.54. The van der Waals surface area contributed by atoms with Gasteiger partial charge in [-0.15, -0.1) is 0 Å². The molecule has 0 aliphatic rings. The number of hydrogen-bond donors (Lipinski definition) is 1. The fourth-order valence-corrected chi connectivity index (χ4v) is 1.72. The Labute approximate surface area is 102 Å². The van der Waals surface area contributed by atoms with Gasteiger partial charge in [-0.05, 0) is 31.2 Å². The maximum atomic E-state index is 6.12. The van der Waals surface area contributed by atoms with Crippen molar-refractivity contribution in [3.63, 3.8) is 0 Å². The van der Waals surface area contributed by atoms with Gasteiger partial charge in [0.05, 0.1) is 5.02 Å². The van der Waals surface area contributed by atoms with Gasteiger partial charge >= 0.3 is 0 Å². The summed E-state index contributed by atoms with van der Waals surface area (Å²) in [5, 5.41) is 3.98. The molecule has 0 spiro atoms. The topological polar surface area (TPSA) is 21.3 Å². The standard InChI is InChI=1S/C13H18ClNO/c1-4-8-16-13-7-6-11(9-12(13)14)10(3)15-5-2/h4,6-7,9-10,15H,1,5,8H2,2-3H3. The smallest absolute Gasteiger partial charge is 0.138 e. The van der Waals surface area contributed by atoms with Crippen molar-refractivity contribution in [3.8, 4) is 5.75 Å². The zero-order valence-electron chi connectivity index (χ0n) is 9.79. The van der Waals surface area contributed by atoms with Gasteiger partial charge in [-0.1, -0.05) is 37.2 Å². The first kappa shape index (κ1) is 13.1. The SMILES string of the molecule is C=CCOc1ccc(C(C)NCC)cc1Cl. The van der Waals surface area contributed by atoms with E-state index in [-0.39, 0.29) is 0 Å². The molecular formula is C13H18ClNO. The van der Waals surface area contributed by atoms with Gasteiger partial charge in [0.15, 0.2) is 0 Å². The van der Waals surface area contributed by atoms with Crippen molar-refractivity contribution in [2.75, 3.05) is 13.2 Å². The summed E-state index contributed by atoms with van der Waals surface area (Å²) in [6.07, 6.45) is 1.70. The molecule has 1 atom stereocenters. The van der Waals surface area contributed by atoms with Crippen LogP contribution >= 0.6 is 11.6 Å². The Hall–Kier alpha value is -0.990. The minimum Gasteiger partial charge on any atom is -0.488 e. The fraction of sp³-hybridized carbons (Fsp3) is 0.385. The van der Waals surface area contributed by atoms with Crippen LogP contribution in [0.2, 0.25) is 5.02 Å². The van der Waals surface area contributed by atoms with Crippen LogP contribution in [0.15, 0.2) is 30.9 Å². The Morgan fingerprint density at radius 1 is 1.56 bits per heavy atom. The first-order valence-corrected chi connectivity index (χ1v) is 5.83. The molecule has 0 radical (unpaired) electrons. The first-order valence-electron chi connectivity index (χ1n) is 5.45. The number of hydrogen-bond acceptors (Lipinski definition) is 2. The lowest BCUT2D eigenvalue weighted by atomic mass is 10.1. The Balaban J connectivity index is 2.77. The molecule has 1 aromatic rings. The van der Waals surface area contributed by atoms with Crippen LogP contribution in [0.1, 0.15) is 25.5 Å². The van der Waals surface area contributed by atoms with Gasteiger partial charge in [0.25, 0.3) is 0 Å². The number of halogens is 1. The van der Waals surface area contributed by atoms with Crippen molar-refractivity contribution < 1.29 is 4.74 Å². The number of rotatable bonds is 6. The van der Waals surface area contributed by atoms with Crippen molar-refractivity contribution in [1.29, 1.82) is 0 Å². The summed E-state index contributed by atoms with van der Waals surface area (Å²) in [5.74, 6) is 0.703. The predicted octanol–water partition coefficient (Wildman–Crippen LogP) is 3.58. The lowest BCUT2D eigenvalue weighted by molar-refractivity contribution is 0.363. The molecule has 1 unspecified atom stereocenters. The molecule has 88 valence electrons. The molecule has 0 aliphatic heterocycles. The Morgan fingerprint density at radius 3 is 2.88 bits per heavy atom. The number of ether oxygens (including phenoxy) is 1. The molecule has 0 saturated carbocycles. The molecule has 0 aromatic heterocycles. The van der Waals surface area contributed by atoms with Crippen molar-refractivity contribution in [3.05, 3.63) is 41.4 Å². The molecule has 1 N–H and O–H groups in total. The van der Waals surface area contributed by atoms with Crippen LogP contribution in [0.4, 0.5) is 0 Å². The summed E-state index contributed by atoms with van der Waals surface area (Å²) in [6.45, 7) is 9.20. The van der Waals surface area contributed by atoms with Crippen molar-refractivity contribution in [1.82, 2.24) is 5.32 Å². The molecular weight excluding hydrogens is 222 g/mol. The molecule has 16 heavy (non-hydrogen) atoms. The average Bonchev–Trinajstić information content (AvgIpc) is 2.27. The minimum atomic E-state index is 0.302. The molecule has 0 saturated heterocycles. The van der Waals surface area contributed by atoms with Gasteiger partial charge in [0, 0.05) is 6.04 Å². The van der Waals surface area contributed by atoms with Gasteiger partial charge in [-0.3, -0.25) is 0 Å². The van der Waals surface area contributed by atoms with E-state index in [9.17, 15) is 0 Å². The Kier molecular flexibility index (Phi) is 5.36. The van der Waals surface area contributed by atoms with Crippen molar-refractivity contribution in [2.45, 2.75) is 19.9 Å². The average molecular weight is 240 g/mol. The quantitative estimate of drug-likeness (QED) is 0.767. The van der Waals surface area contributed by atoms with Crippen molar-refractivity contribution in [2.24, 2.45) is 0 Å². The second-order valence-corrected chi connectivity index (χ2v) is 3.98. The molecule has 2 nitrogen and oxygen atoms in total. The van der Waals surface area contributed by atoms with Gasteiger partial charge < -0.3 is 10.1 Å². The summed E-state index contributed by atoms with van der Waals surface area (Å²) in [7, 11) is 0. The lowest BCUT2D eigenvalue weighted by Gasteiger charge is -2.14. The summed E-state index contributed by atoms with van der Waals surface area (Å²) < 4.78 is 5.41. The van der Waals surface area contributed by atoms with E-state index in [1.165, 1.54) is 0 Å². The predicted molar refractivity (Wildman–Crippen MR) is 69.2 cm³/mol. The highest BCUT2D eigenvalue weighted by Crippen LogP contribution is 2.27. The van der Waals surface area contributed by atoms with Crippen LogP contribution in [0.5, 0.6) is 5.75 Å². The Morgan fingerprint density at radius 2 is 2.31 bits per heavy atom. The van der Waals surface area contributed by atoms with Gasteiger partial charge in [-0.25, -0.2) is 0 Å². The summed E-state index contributed by atoms with van der Waals surface area (Å²) >= 11 is 6.12. The highest BCUT2D eigenvalue weighted by molar-refractivity contribution is 6.32. The summed E-state index contributed by atoms with van der Waals surface area (Å²) in [4.78, 5) is 0. The third-order valence-corrected chi connectivity index (χ3v) is 2.62. The number of nitrogens with one attached hydrogen (secondary N) is 1. The maximum Gasteiger partial charge on any atom is 0.138 e. The van der Waals surface area contributed by atoms with Gasteiger partial charge in [0.1, 0.15) is 12.4 Å². The van der Waals surface area contributed by atoms with E-state index < -0.39 is 0 Å². The zero-order chi connectivity index (χ0) is 12.0. The second-order valence-electron chi connectivity index (χ2n) is 3.57. The maximum absolute atomic E-state index is 6.12. The van der Waals surface area contributed by atoms with Crippen LogP contribution in [-0.2, 0) is 0 Å². The van der Waals surface area contributed by atoms with E-state index in [0.717, 1.165) is 12.1 Å². The lowest BCUT2D eigenvalue weighted by Crippen LogP contribution is -2.17. The van der Waals surface area contributed by atoms with E-state index in [1.807, 2.05) is 18.2 Å². The van der Waals surface area contributed by atoms with Crippen molar-refractivity contribution >= 4 is 11.6 Å². The zero-order valence-corrected chi connectivity index (χ0v) is 10.6. The van der Waals surface area contributed by atoms with E-state index in [1.54, 1.807) is 6.08 Å². The third-order valence-electron chi connectivity index (χ3n) is 2.32. The summed E-state index contributed by atoms with van der Waals surface area (Å²) in [5.41, 5.74) is 1.16. The van der Waals surface area contributed by atoms with Crippen LogP contribution in [0.3, 0.4) is 0 Å². The molecule has 0 heterocycles. The van der Waals surface area contributed by atoms with E-state index in [2.05, 4.69) is 25.7 Å². The Bertz CT molecular complexity index is 352. The summed E-state index contributed by atoms with van der Waals surface area (Å²) in [6, 6.07) is 6.16. The molecule has 0 bridgehead atoms. The highest BCUT2D eigenvalue weighted by Gasteiger charge is 2.07. The van der Waals surface area contributed by atoms with Gasteiger partial charge in [-0.2, -0.15) is 0 Å². The fourth-order valence-electron chi connectivity index (χ4n) is 1.48. The first-order chi connectivity index (χ1) is 7.69. The minimum absolute atomic E-state index is 0.302. The molecule has 0 fully saturated rings. The van der Waals surface area contributed by atoms with E-state index in [0.29, 0.717) is 23.4 Å². The monoisotopic (exact) mass is 239 g/mol. The normalized spacial score (nSPS) is 12.2. The molecule has 0 aliphatic carbocycles. The largest absolute Gasteiger partial charge is 0.488 e. The van der Waals surface area contributed by atoms with Crippen LogP contribution in [-0.4, -0.2) is 13.2 Å². The molecule has 0 amide bonds. The molecule has 1 aromatic carbocycles. The number of benzene rings is 1. The second kappa shape index (κ2) is 6.56. The van der Waals surface area contributed by atoms with Crippen LogP contribution in [0.25, 0.3) is 0 Å². The van der Waals surface area contributed by atoms with Gasteiger partial charge in [0.2, 0.25) is 0 Å². The van der Waals surface area contributed by atoms with E-state index >= 15 is 0 Å². The molecule has 1 rings (SSSR count). The highest BCUT2D eigenvalue weighted by atomic mass is 35.5. The van der Waals surface area contributed by atoms with E-state index in [4.69, 9.17) is 16.3 Å². The van der Waals surface area contributed by atoms with Crippen LogP contribution in [0, 0.1) is 0 Å².